The molecule has 1 rings (SSSR count). The van der Waals surface area contributed by atoms with E-state index in [1.807, 2.05) is 11.3 Å². The van der Waals surface area contributed by atoms with Gasteiger partial charge in [-0.25, -0.2) is 0 Å². The summed E-state index contributed by atoms with van der Waals surface area (Å²) >= 11 is 6.22. The highest BCUT2D eigenvalue weighted by Gasteiger charge is 2.03. The number of hydrogen-bond acceptors (Lipinski definition) is 2. The van der Waals surface area contributed by atoms with Crippen LogP contribution in [0.2, 0.25) is 0 Å². The molecule has 0 spiro atoms. The van der Waals surface area contributed by atoms with Gasteiger partial charge in [-0.1, -0.05) is 13.8 Å². The molecule has 0 fully saturated rings. The standard InChI is InChI=1S/C10H16S2/c1-3-9-4-5-10(12-9)6-8(2)7-11/h4-5,8,11H,3,6-7H2,1-2H3. The normalized spacial score (nSPS) is 13.2. The summed E-state index contributed by atoms with van der Waals surface area (Å²) in [5.74, 6) is 1.69. The Morgan fingerprint density at radius 1 is 1.42 bits per heavy atom. The van der Waals surface area contributed by atoms with Crippen molar-refractivity contribution in [1.82, 2.24) is 0 Å². The second kappa shape index (κ2) is 4.93. The fraction of sp³-hybridized carbons (Fsp3) is 0.600. The summed E-state index contributed by atoms with van der Waals surface area (Å²) in [7, 11) is 0. The van der Waals surface area contributed by atoms with Crippen LogP contribution in [0, 0.1) is 5.92 Å². The molecule has 1 heterocycles. The lowest BCUT2D eigenvalue weighted by atomic mass is 10.1. The van der Waals surface area contributed by atoms with Gasteiger partial charge >= 0.3 is 0 Å². The van der Waals surface area contributed by atoms with Crippen LogP contribution >= 0.6 is 24.0 Å². The van der Waals surface area contributed by atoms with Gasteiger partial charge in [-0.2, -0.15) is 12.6 Å². The summed E-state index contributed by atoms with van der Waals surface area (Å²) in [6.45, 7) is 4.45. The minimum absolute atomic E-state index is 0.705. The third kappa shape index (κ3) is 2.83. The van der Waals surface area contributed by atoms with Crippen LogP contribution in [0.25, 0.3) is 0 Å². The van der Waals surface area contributed by atoms with Crippen molar-refractivity contribution < 1.29 is 0 Å². The van der Waals surface area contributed by atoms with E-state index < -0.39 is 0 Å². The molecule has 0 bridgehead atoms. The van der Waals surface area contributed by atoms with Crippen molar-refractivity contribution >= 4 is 24.0 Å². The van der Waals surface area contributed by atoms with Crippen LogP contribution in [0.1, 0.15) is 23.6 Å². The molecule has 0 aliphatic heterocycles. The van der Waals surface area contributed by atoms with Crippen LogP contribution in [0.3, 0.4) is 0 Å². The second-order valence-corrected chi connectivity index (χ2v) is 4.83. The quantitative estimate of drug-likeness (QED) is 0.707. The Hall–Kier alpha value is 0.0500. The van der Waals surface area contributed by atoms with Crippen LogP contribution in [-0.4, -0.2) is 5.75 Å². The highest BCUT2D eigenvalue weighted by molar-refractivity contribution is 7.80. The Labute approximate surface area is 84.4 Å². The number of thiol groups is 1. The Bertz CT molecular complexity index is 227. The zero-order valence-electron chi connectivity index (χ0n) is 7.71. The molecule has 0 saturated carbocycles. The summed E-state index contributed by atoms with van der Waals surface area (Å²) < 4.78 is 0. The molecule has 0 nitrogen and oxygen atoms in total. The van der Waals surface area contributed by atoms with Gasteiger partial charge in [0.15, 0.2) is 0 Å². The Morgan fingerprint density at radius 2 is 2.08 bits per heavy atom. The van der Waals surface area contributed by atoms with Crippen LogP contribution in [-0.2, 0) is 12.8 Å². The predicted molar refractivity (Wildman–Crippen MR) is 60.4 cm³/mol. The van der Waals surface area contributed by atoms with Gasteiger partial charge in [0, 0.05) is 9.75 Å². The molecule has 0 radical (unpaired) electrons. The first kappa shape index (κ1) is 10.1. The maximum absolute atomic E-state index is 4.28. The topological polar surface area (TPSA) is 0 Å². The Morgan fingerprint density at radius 3 is 2.58 bits per heavy atom. The average Bonchev–Trinajstić information content (AvgIpc) is 2.52. The third-order valence-corrected chi connectivity index (χ3v) is 3.80. The van der Waals surface area contributed by atoms with E-state index in [-0.39, 0.29) is 0 Å². The molecule has 0 aromatic carbocycles. The lowest BCUT2D eigenvalue weighted by Crippen LogP contribution is -1.98. The zero-order chi connectivity index (χ0) is 8.97. The smallest absolute Gasteiger partial charge is 0.00511 e. The van der Waals surface area contributed by atoms with Crippen molar-refractivity contribution in [2.75, 3.05) is 5.75 Å². The molecular formula is C10H16S2. The van der Waals surface area contributed by atoms with Gasteiger partial charge in [0.25, 0.3) is 0 Å². The molecule has 0 aliphatic carbocycles. The highest BCUT2D eigenvalue weighted by atomic mass is 32.1. The minimum atomic E-state index is 0.705. The molecule has 68 valence electrons. The molecule has 0 saturated heterocycles. The third-order valence-electron chi connectivity index (χ3n) is 1.93. The predicted octanol–water partition coefficient (Wildman–Crippen LogP) is 3.42. The van der Waals surface area contributed by atoms with Crippen molar-refractivity contribution in [1.29, 1.82) is 0 Å². The van der Waals surface area contributed by atoms with Gasteiger partial charge in [-0.3, -0.25) is 0 Å². The first-order valence-corrected chi connectivity index (χ1v) is 5.89. The molecule has 1 unspecified atom stereocenters. The fourth-order valence-corrected chi connectivity index (χ4v) is 2.38. The highest BCUT2D eigenvalue weighted by Crippen LogP contribution is 2.20. The van der Waals surface area contributed by atoms with Gasteiger partial charge in [-0.05, 0) is 36.6 Å². The van der Waals surface area contributed by atoms with Gasteiger partial charge in [0.05, 0.1) is 0 Å². The van der Waals surface area contributed by atoms with Crippen molar-refractivity contribution in [2.45, 2.75) is 26.7 Å². The summed E-state index contributed by atoms with van der Waals surface area (Å²) in [6.07, 6.45) is 2.36. The maximum atomic E-state index is 4.28. The van der Waals surface area contributed by atoms with E-state index in [0.717, 1.165) is 5.75 Å². The molecule has 1 atom stereocenters. The first-order valence-electron chi connectivity index (χ1n) is 4.44. The van der Waals surface area contributed by atoms with E-state index in [1.165, 1.54) is 22.6 Å². The van der Waals surface area contributed by atoms with E-state index in [9.17, 15) is 0 Å². The number of aryl methyl sites for hydroxylation is 1. The van der Waals surface area contributed by atoms with E-state index in [4.69, 9.17) is 0 Å². The molecule has 0 amide bonds. The zero-order valence-corrected chi connectivity index (χ0v) is 9.42. The van der Waals surface area contributed by atoms with Gasteiger partial charge in [0.2, 0.25) is 0 Å². The van der Waals surface area contributed by atoms with Crippen molar-refractivity contribution in [3.63, 3.8) is 0 Å². The lowest BCUT2D eigenvalue weighted by Gasteiger charge is -2.03. The van der Waals surface area contributed by atoms with E-state index >= 15 is 0 Å². The second-order valence-electron chi connectivity index (χ2n) is 3.21. The largest absolute Gasteiger partial charge is 0.179 e. The average molecular weight is 200 g/mol. The molecule has 1 aromatic heterocycles. The maximum Gasteiger partial charge on any atom is 0.00511 e. The van der Waals surface area contributed by atoms with Gasteiger partial charge in [-0.15, -0.1) is 11.3 Å². The first-order chi connectivity index (χ1) is 5.76. The Balaban J connectivity index is 2.52. The van der Waals surface area contributed by atoms with Crippen LogP contribution in [0.5, 0.6) is 0 Å². The summed E-state index contributed by atoms with van der Waals surface area (Å²) in [4.78, 5) is 3.00. The summed E-state index contributed by atoms with van der Waals surface area (Å²) in [5, 5.41) is 0. The molecule has 0 N–H and O–H groups in total. The monoisotopic (exact) mass is 200 g/mol. The van der Waals surface area contributed by atoms with Crippen molar-refractivity contribution in [2.24, 2.45) is 5.92 Å². The number of thiophene rings is 1. The van der Waals surface area contributed by atoms with E-state index in [0.29, 0.717) is 5.92 Å². The van der Waals surface area contributed by atoms with E-state index in [1.54, 1.807) is 0 Å². The SMILES string of the molecule is CCc1ccc(CC(C)CS)s1. The van der Waals surface area contributed by atoms with Crippen LogP contribution in [0.15, 0.2) is 12.1 Å². The van der Waals surface area contributed by atoms with Crippen molar-refractivity contribution in [3.8, 4) is 0 Å². The molecule has 1 aromatic rings. The fourth-order valence-electron chi connectivity index (χ4n) is 1.13. The van der Waals surface area contributed by atoms with E-state index in [2.05, 4.69) is 38.6 Å². The molecule has 12 heavy (non-hydrogen) atoms. The van der Waals surface area contributed by atoms with Crippen molar-refractivity contribution in [3.05, 3.63) is 21.9 Å². The van der Waals surface area contributed by atoms with Gasteiger partial charge < -0.3 is 0 Å². The number of rotatable bonds is 4. The summed E-state index contributed by atoms with van der Waals surface area (Å²) in [5.41, 5.74) is 0. The molecule has 0 aliphatic rings. The van der Waals surface area contributed by atoms with Gasteiger partial charge in [0.1, 0.15) is 0 Å². The summed E-state index contributed by atoms with van der Waals surface area (Å²) in [6, 6.07) is 4.49. The minimum Gasteiger partial charge on any atom is -0.179 e. The molecular weight excluding hydrogens is 184 g/mol. The number of hydrogen-bond donors (Lipinski definition) is 1. The lowest BCUT2D eigenvalue weighted by molar-refractivity contribution is 0.668. The Kier molecular flexibility index (Phi) is 4.16. The van der Waals surface area contributed by atoms with Crippen LogP contribution in [0.4, 0.5) is 0 Å². The van der Waals surface area contributed by atoms with Crippen LogP contribution < -0.4 is 0 Å². The molecule has 2 heteroatoms.